The molecule has 2 heterocycles. The summed E-state index contributed by atoms with van der Waals surface area (Å²) in [5.74, 6) is 0.285. The Morgan fingerprint density at radius 2 is 2.18 bits per heavy atom. The molecule has 0 amide bonds. The van der Waals surface area contributed by atoms with E-state index in [0.717, 1.165) is 9.47 Å². The van der Waals surface area contributed by atoms with Crippen molar-refractivity contribution < 1.29 is 9.21 Å². The summed E-state index contributed by atoms with van der Waals surface area (Å²) < 4.78 is 6.15. The predicted octanol–water partition coefficient (Wildman–Crippen LogP) is 2.55. The van der Waals surface area contributed by atoms with Gasteiger partial charge in [-0.2, -0.15) is 0 Å². The number of rotatable bonds is 4. The second-order valence-electron chi connectivity index (χ2n) is 3.52. The summed E-state index contributed by atoms with van der Waals surface area (Å²) in [7, 11) is 3.82. The normalized spacial score (nSPS) is 10.5. The zero-order valence-corrected chi connectivity index (χ0v) is 11.3. The minimum absolute atomic E-state index is 0.0805. The Labute approximate surface area is 107 Å². The maximum atomic E-state index is 11.1. The molecule has 0 spiro atoms. The van der Waals surface area contributed by atoms with E-state index in [-0.39, 0.29) is 5.78 Å². The average Bonchev–Trinajstić information content (AvgIpc) is 2.87. The maximum Gasteiger partial charge on any atom is 0.208 e. The molecule has 0 fully saturated rings. The second-order valence-corrected chi connectivity index (χ2v) is 5.73. The molecule has 90 valence electrons. The molecule has 0 aromatic carbocycles. The van der Waals surface area contributed by atoms with E-state index >= 15 is 0 Å². The molecule has 0 N–H and O–H groups in total. The number of aromatic nitrogens is 2. The van der Waals surface area contributed by atoms with Gasteiger partial charge in [0, 0.05) is 21.0 Å². The highest BCUT2D eigenvalue weighted by Crippen LogP contribution is 2.33. The van der Waals surface area contributed by atoms with Crippen LogP contribution in [0.2, 0.25) is 0 Å². The topological polar surface area (TPSA) is 59.2 Å². The molecule has 0 bridgehead atoms. The van der Waals surface area contributed by atoms with E-state index in [4.69, 9.17) is 4.42 Å². The van der Waals surface area contributed by atoms with E-state index in [9.17, 15) is 4.79 Å². The third-order valence-corrected chi connectivity index (χ3v) is 3.96. The van der Waals surface area contributed by atoms with Crippen molar-refractivity contribution in [3.63, 3.8) is 0 Å². The largest absolute Gasteiger partial charge is 0.446 e. The fraction of sp³-hybridized carbons (Fsp3) is 0.300. The first-order chi connectivity index (χ1) is 8.06. The van der Waals surface area contributed by atoms with E-state index in [1.54, 1.807) is 12.1 Å². The van der Waals surface area contributed by atoms with Gasteiger partial charge in [-0.15, -0.1) is 10.2 Å². The number of Topliss-reactive ketones (excluding diaryl/α,β-unsaturated/α-hetero) is 1. The Hall–Kier alpha value is -1.34. The molecule has 5 nitrogen and oxygen atoms in total. The zero-order chi connectivity index (χ0) is 12.4. The molecule has 0 aliphatic heterocycles. The molecular formula is C10H11N3O2S2. The van der Waals surface area contributed by atoms with Gasteiger partial charge in [-0.25, -0.2) is 0 Å². The molecule has 7 heteroatoms. The molecule has 0 saturated heterocycles. The van der Waals surface area contributed by atoms with Crippen LogP contribution in [0.3, 0.4) is 0 Å². The SMILES string of the molecule is CC(=O)c1ccc(Sc2nnc(N(C)C)s2)o1. The zero-order valence-electron chi connectivity index (χ0n) is 9.63. The van der Waals surface area contributed by atoms with Crippen molar-refractivity contribution in [2.45, 2.75) is 16.4 Å². The quantitative estimate of drug-likeness (QED) is 0.795. The van der Waals surface area contributed by atoms with Crippen LogP contribution in [0.1, 0.15) is 17.5 Å². The molecule has 17 heavy (non-hydrogen) atoms. The van der Waals surface area contributed by atoms with Gasteiger partial charge in [0.1, 0.15) is 0 Å². The monoisotopic (exact) mass is 269 g/mol. The number of furan rings is 1. The molecule has 0 atom stereocenters. The van der Waals surface area contributed by atoms with Crippen molar-refractivity contribution in [3.05, 3.63) is 17.9 Å². The van der Waals surface area contributed by atoms with Gasteiger partial charge in [0.2, 0.25) is 5.13 Å². The Bertz CT molecular complexity index is 533. The van der Waals surface area contributed by atoms with Crippen LogP contribution in [-0.4, -0.2) is 30.1 Å². The van der Waals surface area contributed by atoms with Gasteiger partial charge in [0.25, 0.3) is 0 Å². The van der Waals surface area contributed by atoms with Crippen molar-refractivity contribution >= 4 is 34.0 Å². The molecule has 2 aromatic heterocycles. The highest BCUT2D eigenvalue weighted by Gasteiger charge is 2.11. The lowest BCUT2D eigenvalue weighted by molar-refractivity contribution is 0.0982. The van der Waals surface area contributed by atoms with E-state index in [1.807, 2.05) is 19.0 Å². The number of anilines is 1. The van der Waals surface area contributed by atoms with Crippen LogP contribution in [0, 0.1) is 0 Å². The standard InChI is InChI=1S/C10H11N3O2S2/c1-6(14)7-4-5-8(15-7)16-10-12-11-9(17-10)13(2)3/h4-5H,1-3H3. The van der Waals surface area contributed by atoms with Gasteiger partial charge >= 0.3 is 0 Å². The van der Waals surface area contributed by atoms with E-state index in [0.29, 0.717) is 10.9 Å². The van der Waals surface area contributed by atoms with Crippen LogP contribution in [0.5, 0.6) is 0 Å². The molecular weight excluding hydrogens is 258 g/mol. The summed E-state index contributed by atoms with van der Waals surface area (Å²) in [6, 6.07) is 3.43. The van der Waals surface area contributed by atoms with Gasteiger partial charge in [-0.3, -0.25) is 4.79 Å². The van der Waals surface area contributed by atoms with Crippen LogP contribution in [-0.2, 0) is 0 Å². The first-order valence-corrected chi connectivity index (χ1v) is 6.49. The van der Waals surface area contributed by atoms with Gasteiger partial charge in [0.05, 0.1) is 0 Å². The van der Waals surface area contributed by atoms with Gasteiger partial charge in [0.15, 0.2) is 21.0 Å². The molecule has 0 radical (unpaired) electrons. The maximum absolute atomic E-state index is 11.1. The van der Waals surface area contributed by atoms with E-state index < -0.39 is 0 Å². The summed E-state index contributed by atoms with van der Waals surface area (Å²) in [5.41, 5.74) is 0. The predicted molar refractivity (Wildman–Crippen MR) is 67.1 cm³/mol. The fourth-order valence-corrected chi connectivity index (χ4v) is 2.73. The van der Waals surface area contributed by atoms with Crippen LogP contribution in [0.4, 0.5) is 5.13 Å². The fourth-order valence-electron chi connectivity index (χ4n) is 1.07. The van der Waals surface area contributed by atoms with Crippen LogP contribution in [0.25, 0.3) is 0 Å². The smallest absolute Gasteiger partial charge is 0.208 e. The lowest BCUT2D eigenvalue weighted by Crippen LogP contribution is -2.07. The second kappa shape index (κ2) is 4.89. The number of hydrogen-bond donors (Lipinski definition) is 0. The summed E-state index contributed by atoms with van der Waals surface area (Å²) in [6.45, 7) is 1.47. The molecule has 0 saturated carbocycles. The number of carbonyl (C=O) groups is 1. The van der Waals surface area contributed by atoms with Crippen LogP contribution < -0.4 is 4.90 Å². The van der Waals surface area contributed by atoms with Crippen molar-refractivity contribution in [2.75, 3.05) is 19.0 Å². The molecule has 2 rings (SSSR count). The van der Waals surface area contributed by atoms with Crippen LogP contribution >= 0.6 is 23.1 Å². The molecule has 0 unspecified atom stereocenters. The molecule has 0 aliphatic rings. The Kier molecular flexibility index (Phi) is 3.49. The Balaban J connectivity index is 2.11. The van der Waals surface area contributed by atoms with Gasteiger partial charge < -0.3 is 9.32 Å². The summed E-state index contributed by atoms with van der Waals surface area (Å²) in [4.78, 5) is 13.0. The summed E-state index contributed by atoms with van der Waals surface area (Å²) >= 11 is 2.84. The van der Waals surface area contributed by atoms with Gasteiger partial charge in [-0.1, -0.05) is 11.3 Å². The highest BCUT2D eigenvalue weighted by molar-refractivity contribution is 8.01. The Morgan fingerprint density at radius 1 is 1.41 bits per heavy atom. The van der Waals surface area contributed by atoms with Crippen molar-refractivity contribution in [2.24, 2.45) is 0 Å². The third-order valence-electron chi connectivity index (χ3n) is 1.89. The van der Waals surface area contributed by atoms with Gasteiger partial charge in [-0.05, 0) is 23.9 Å². The first kappa shape index (κ1) is 12.1. The number of nitrogens with zero attached hydrogens (tertiary/aromatic N) is 3. The van der Waals surface area contributed by atoms with Crippen LogP contribution in [0.15, 0.2) is 26.0 Å². The summed E-state index contributed by atoms with van der Waals surface area (Å²) in [6.07, 6.45) is 0. The molecule has 0 aliphatic carbocycles. The van der Waals surface area contributed by atoms with Crippen molar-refractivity contribution in [1.29, 1.82) is 0 Å². The highest BCUT2D eigenvalue weighted by atomic mass is 32.2. The third kappa shape index (κ3) is 2.86. The Morgan fingerprint density at radius 3 is 2.71 bits per heavy atom. The van der Waals surface area contributed by atoms with Crippen molar-refractivity contribution in [1.82, 2.24) is 10.2 Å². The lowest BCUT2D eigenvalue weighted by atomic mass is 10.3. The van der Waals surface area contributed by atoms with E-state index in [1.165, 1.54) is 30.0 Å². The first-order valence-electron chi connectivity index (χ1n) is 4.85. The number of ketones is 1. The molecule has 2 aromatic rings. The van der Waals surface area contributed by atoms with E-state index in [2.05, 4.69) is 10.2 Å². The average molecular weight is 269 g/mol. The summed E-state index contributed by atoms with van der Waals surface area (Å²) in [5, 5.41) is 9.54. The minimum atomic E-state index is -0.0805. The lowest BCUT2D eigenvalue weighted by Gasteiger charge is -2.03. The van der Waals surface area contributed by atoms with Crippen molar-refractivity contribution in [3.8, 4) is 0 Å². The minimum Gasteiger partial charge on any atom is -0.446 e. The number of carbonyl (C=O) groups excluding carboxylic acids is 1. The number of hydrogen-bond acceptors (Lipinski definition) is 7.